The smallest absolute Gasteiger partial charge is 0.0193 e. The number of rotatable bonds is 11. The molecule has 0 amide bonds. The molecule has 0 aromatic heterocycles. The van der Waals surface area contributed by atoms with E-state index in [0.29, 0.717) is 5.92 Å². The first-order valence-electron chi connectivity index (χ1n) is 8.86. The Bertz CT molecular complexity index is 322. The Hall–Kier alpha value is -0.780. The lowest BCUT2D eigenvalue weighted by Crippen LogP contribution is -1.92. The Morgan fingerprint density at radius 2 is 1.30 bits per heavy atom. The van der Waals surface area contributed by atoms with E-state index in [1.165, 1.54) is 75.3 Å². The lowest BCUT2D eigenvalue weighted by atomic mass is 9.96. The van der Waals surface area contributed by atoms with Gasteiger partial charge >= 0.3 is 0 Å². The van der Waals surface area contributed by atoms with Crippen molar-refractivity contribution in [3.63, 3.8) is 0 Å². The summed E-state index contributed by atoms with van der Waals surface area (Å²) in [7, 11) is 0. The Labute approximate surface area is 127 Å². The zero-order chi connectivity index (χ0) is 14.6. The minimum Gasteiger partial charge on any atom is -0.0654 e. The van der Waals surface area contributed by atoms with Crippen molar-refractivity contribution in [1.82, 2.24) is 0 Å². The summed E-state index contributed by atoms with van der Waals surface area (Å²) in [4.78, 5) is 0. The summed E-state index contributed by atoms with van der Waals surface area (Å²) in [5.41, 5.74) is 3.01. The van der Waals surface area contributed by atoms with Gasteiger partial charge in [-0.3, -0.25) is 0 Å². The predicted octanol–water partition coefficient (Wildman–Crippen LogP) is 6.88. The Kier molecular flexibility index (Phi) is 9.45. The van der Waals surface area contributed by atoms with Crippen LogP contribution >= 0.6 is 0 Å². The van der Waals surface area contributed by atoms with Crippen LogP contribution in [0, 0.1) is 0 Å². The molecule has 0 N–H and O–H groups in total. The van der Waals surface area contributed by atoms with Crippen LogP contribution in [-0.4, -0.2) is 0 Å². The van der Waals surface area contributed by atoms with Gasteiger partial charge in [0, 0.05) is 0 Å². The molecule has 0 aliphatic carbocycles. The number of hydrogen-bond donors (Lipinski definition) is 0. The van der Waals surface area contributed by atoms with Crippen molar-refractivity contribution in [2.75, 3.05) is 0 Å². The van der Waals surface area contributed by atoms with E-state index in [0.717, 1.165) is 0 Å². The van der Waals surface area contributed by atoms with E-state index in [1.54, 1.807) is 0 Å². The van der Waals surface area contributed by atoms with Gasteiger partial charge in [-0.2, -0.15) is 0 Å². The molecule has 0 aliphatic rings. The predicted molar refractivity (Wildman–Crippen MR) is 91.5 cm³/mol. The molecule has 0 heteroatoms. The van der Waals surface area contributed by atoms with Crippen molar-refractivity contribution in [1.29, 1.82) is 0 Å². The second-order valence-electron chi connectivity index (χ2n) is 6.28. The number of hydrogen-bond acceptors (Lipinski definition) is 0. The summed E-state index contributed by atoms with van der Waals surface area (Å²) >= 11 is 0. The first-order valence-corrected chi connectivity index (χ1v) is 8.86. The van der Waals surface area contributed by atoms with Crippen molar-refractivity contribution >= 4 is 0 Å². The normalized spacial score (nSPS) is 12.6. The lowest BCUT2D eigenvalue weighted by Gasteiger charge is -2.09. The van der Waals surface area contributed by atoms with Gasteiger partial charge in [-0.15, -0.1) is 0 Å². The summed E-state index contributed by atoms with van der Waals surface area (Å²) in [6.45, 7) is 6.86. The van der Waals surface area contributed by atoms with Gasteiger partial charge in [0.2, 0.25) is 0 Å². The van der Waals surface area contributed by atoms with Crippen molar-refractivity contribution in [2.45, 2.75) is 90.9 Å². The van der Waals surface area contributed by atoms with Crippen LogP contribution in [0.2, 0.25) is 0 Å². The summed E-state index contributed by atoms with van der Waals surface area (Å²) in [5, 5.41) is 0. The van der Waals surface area contributed by atoms with Gasteiger partial charge in [0.15, 0.2) is 0 Å². The molecule has 0 bridgehead atoms. The highest BCUT2D eigenvalue weighted by atomic mass is 14.1. The molecule has 0 saturated carbocycles. The first-order chi connectivity index (χ1) is 9.77. The van der Waals surface area contributed by atoms with Crippen LogP contribution in [0.4, 0.5) is 0 Å². The number of aryl methyl sites for hydroxylation is 1. The summed E-state index contributed by atoms with van der Waals surface area (Å²) in [6, 6.07) is 9.33. The highest BCUT2D eigenvalue weighted by molar-refractivity contribution is 5.25. The molecule has 0 fully saturated rings. The van der Waals surface area contributed by atoms with E-state index >= 15 is 0 Å². The van der Waals surface area contributed by atoms with Crippen molar-refractivity contribution in [2.24, 2.45) is 0 Å². The molecule has 0 heterocycles. The topological polar surface area (TPSA) is 0 Å². The van der Waals surface area contributed by atoms with Crippen LogP contribution < -0.4 is 0 Å². The van der Waals surface area contributed by atoms with Gasteiger partial charge < -0.3 is 0 Å². The standard InChI is InChI=1S/C20H34/c1-4-6-7-8-9-10-11-12-13-19-14-16-20(17-15-19)18(3)5-2/h14-18H,4-13H2,1-3H3. The third-order valence-electron chi connectivity index (χ3n) is 4.48. The second kappa shape index (κ2) is 10.9. The Morgan fingerprint density at radius 1 is 0.750 bits per heavy atom. The van der Waals surface area contributed by atoms with E-state index in [1.807, 2.05) is 0 Å². The molecule has 114 valence electrons. The van der Waals surface area contributed by atoms with Crippen LogP contribution in [0.1, 0.15) is 95.6 Å². The van der Waals surface area contributed by atoms with Gasteiger partial charge in [-0.25, -0.2) is 0 Å². The van der Waals surface area contributed by atoms with Crippen molar-refractivity contribution < 1.29 is 0 Å². The maximum absolute atomic E-state index is 2.34. The van der Waals surface area contributed by atoms with Crippen LogP contribution in [0.15, 0.2) is 24.3 Å². The van der Waals surface area contributed by atoms with Gasteiger partial charge in [0.25, 0.3) is 0 Å². The van der Waals surface area contributed by atoms with Gasteiger partial charge in [0.05, 0.1) is 0 Å². The third kappa shape index (κ3) is 7.12. The molecule has 0 nitrogen and oxygen atoms in total. The Morgan fingerprint density at radius 3 is 1.85 bits per heavy atom. The van der Waals surface area contributed by atoms with Gasteiger partial charge in [-0.05, 0) is 36.3 Å². The zero-order valence-corrected chi connectivity index (χ0v) is 14.0. The van der Waals surface area contributed by atoms with Crippen LogP contribution in [0.3, 0.4) is 0 Å². The highest BCUT2D eigenvalue weighted by Crippen LogP contribution is 2.19. The molecule has 1 aromatic rings. The number of benzene rings is 1. The summed E-state index contributed by atoms with van der Waals surface area (Å²) < 4.78 is 0. The van der Waals surface area contributed by atoms with Crippen molar-refractivity contribution in [3.05, 3.63) is 35.4 Å². The average molecular weight is 274 g/mol. The molecular weight excluding hydrogens is 240 g/mol. The van der Waals surface area contributed by atoms with Crippen LogP contribution in [0.5, 0.6) is 0 Å². The molecule has 0 saturated heterocycles. The first kappa shape index (κ1) is 17.3. The molecule has 0 spiro atoms. The molecule has 0 radical (unpaired) electrons. The minimum atomic E-state index is 0.701. The molecule has 1 unspecified atom stereocenters. The van der Waals surface area contributed by atoms with E-state index in [9.17, 15) is 0 Å². The third-order valence-corrected chi connectivity index (χ3v) is 4.48. The SMILES string of the molecule is CCCCCCCCCCc1ccc(C(C)CC)cc1. The molecule has 1 aromatic carbocycles. The lowest BCUT2D eigenvalue weighted by molar-refractivity contribution is 0.575. The summed E-state index contributed by atoms with van der Waals surface area (Å²) in [6.07, 6.45) is 13.8. The van der Waals surface area contributed by atoms with Crippen LogP contribution in [-0.2, 0) is 6.42 Å². The average Bonchev–Trinajstić information content (AvgIpc) is 2.50. The van der Waals surface area contributed by atoms with E-state index in [2.05, 4.69) is 45.0 Å². The molecule has 1 rings (SSSR count). The van der Waals surface area contributed by atoms with Gasteiger partial charge in [-0.1, -0.05) is 90.0 Å². The Balaban J connectivity index is 2.10. The van der Waals surface area contributed by atoms with E-state index in [-0.39, 0.29) is 0 Å². The summed E-state index contributed by atoms with van der Waals surface area (Å²) in [5.74, 6) is 0.701. The van der Waals surface area contributed by atoms with Gasteiger partial charge in [0.1, 0.15) is 0 Å². The highest BCUT2D eigenvalue weighted by Gasteiger charge is 2.02. The number of unbranched alkanes of at least 4 members (excludes halogenated alkanes) is 7. The fraction of sp³-hybridized carbons (Fsp3) is 0.700. The van der Waals surface area contributed by atoms with E-state index in [4.69, 9.17) is 0 Å². The largest absolute Gasteiger partial charge is 0.0654 e. The molecule has 1 atom stereocenters. The monoisotopic (exact) mass is 274 g/mol. The second-order valence-corrected chi connectivity index (χ2v) is 6.28. The maximum atomic E-state index is 2.34. The maximum Gasteiger partial charge on any atom is -0.0193 e. The molecule has 20 heavy (non-hydrogen) atoms. The molecular formula is C20H34. The fourth-order valence-electron chi connectivity index (χ4n) is 2.71. The van der Waals surface area contributed by atoms with Crippen molar-refractivity contribution in [3.8, 4) is 0 Å². The quantitative estimate of drug-likeness (QED) is 0.386. The van der Waals surface area contributed by atoms with Crippen LogP contribution in [0.25, 0.3) is 0 Å². The fourth-order valence-corrected chi connectivity index (χ4v) is 2.71. The molecule has 0 aliphatic heterocycles. The zero-order valence-electron chi connectivity index (χ0n) is 14.0. The van der Waals surface area contributed by atoms with E-state index < -0.39 is 0 Å². The minimum absolute atomic E-state index is 0.701.